The molecule has 0 aromatic heterocycles. The maximum Gasteiger partial charge on any atom is 0.234 e. The van der Waals surface area contributed by atoms with Gasteiger partial charge in [0.1, 0.15) is 12.4 Å². The van der Waals surface area contributed by atoms with Gasteiger partial charge in [-0.25, -0.2) is 0 Å². The summed E-state index contributed by atoms with van der Waals surface area (Å²) >= 11 is 0. The first-order valence-electron chi connectivity index (χ1n) is 7.52. The average molecular weight is 276 g/mol. The zero-order valence-corrected chi connectivity index (χ0v) is 11.9. The normalized spacial score (nSPS) is 15.8. The molecule has 1 amide bonds. The number of hydrogen-bond donors (Lipinski definition) is 2. The van der Waals surface area contributed by atoms with Gasteiger partial charge in [-0.05, 0) is 25.0 Å². The number of carbonyl (C=O) groups excluding carboxylic acids is 1. The van der Waals surface area contributed by atoms with E-state index in [1.165, 1.54) is 19.3 Å². The van der Waals surface area contributed by atoms with E-state index in [1.54, 1.807) is 0 Å². The van der Waals surface area contributed by atoms with Crippen LogP contribution in [0.4, 0.5) is 0 Å². The smallest absolute Gasteiger partial charge is 0.234 e. The third-order valence-electron chi connectivity index (χ3n) is 3.55. The topological polar surface area (TPSA) is 50.4 Å². The van der Waals surface area contributed by atoms with Crippen LogP contribution in [0.1, 0.15) is 32.1 Å². The molecule has 0 heterocycles. The zero-order chi connectivity index (χ0) is 14.0. The number of para-hydroxylation sites is 1. The summed E-state index contributed by atoms with van der Waals surface area (Å²) < 4.78 is 5.54. The van der Waals surface area contributed by atoms with Gasteiger partial charge in [0.15, 0.2) is 0 Å². The van der Waals surface area contributed by atoms with E-state index in [2.05, 4.69) is 10.6 Å². The van der Waals surface area contributed by atoms with Crippen LogP contribution in [0.5, 0.6) is 5.75 Å². The van der Waals surface area contributed by atoms with E-state index in [4.69, 9.17) is 4.74 Å². The molecular formula is C16H24N2O2. The van der Waals surface area contributed by atoms with Crippen molar-refractivity contribution < 1.29 is 9.53 Å². The number of nitrogens with one attached hydrogen (secondary N) is 2. The van der Waals surface area contributed by atoms with Gasteiger partial charge in [-0.15, -0.1) is 0 Å². The maximum atomic E-state index is 11.7. The highest BCUT2D eigenvalue weighted by molar-refractivity contribution is 5.78. The van der Waals surface area contributed by atoms with Gasteiger partial charge >= 0.3 is 0 Å². The lowest BCUT2D eigenvalue weighted by Crippen LogP contribution is -2.41. The molecule has 1 aromatic rings. The van der Waals surface area contributed by atoms with Gasteiger partial charge in [0.05, 0.1) is 6.54 Å². The van der Waals surface area contributed by atoms with Crippen LogP contribution in [0.25, 0.3) is 0 Å². The van der Waals surface area contributed by atoms with Crippen molar-refractivity contribution in [3.8, 4) is 5.75 Å². The predicted octanol–water partition coefficient (Wildman–Crippen LogP) is 2.10. The van der Waals surface area contributed by atoms with Crippen molar-refractivity contribution in [2.45, 2.75) is 38.1 Å². The van der Waals surface area contributed by atoms with Crippen LogP contribution in [0.2, 0.25) is 0 Å². The maximum absolute atomic E-state index is 11.7. The fourth-order valence-corrected chi connectivity index (χ4v) is 2.49. The van der Waals surface area contributed by atoms with E-state index in [0.717, 1.165) is 18.6 Å². The number of rotatable bonds is 7. The molecule has 110 valence electrons. The summed E-state index contributed by atoms with van der Waals surface area (Å²) in [5.41, 5.74) is 0. The van der Waals surface area contributed by atoms with Gasteiger partial charge in [-0.3, -0.25) is 4.79 Å². The van der Waals surface area contributed by atoms with E-state index in [1.807, 2.05) is 30.3 Å². The summed E-state index contributed by atoms with van der Waals surface area (Å²) in [6.45, 7) is 1.61. The second-order valence-corrected chi connectivity index (χ2v) is 5.24. The van der Waals surface area contributed by atoms with Crippen LogP contribution < -0.4 is 15.4 Å². The number of carbonyl (C=O) groups is 1. The lowest BCUT2D eigenvalue weighted by atomic mass is 9.95. The molecule has 1 aliphatic rings. The van der Waals surface area contributed by atoms with Crippen LogP contribution in [0.15, 0.2) is 30.3 Å². The highest BCUT2D eigenvalue weighted by Gasteiger charge is 2.14. The number of benzene rings is 1. The summed E-state index contributed by atoms with van der Waals surface area (Å²) in [7, 11) is 0. The van der Waals surface area contributed by atoms with Gasteiger partial charge in [-0.1, -0.05) is 37.5 Å². The molecule has 0 aliphatic heterocycles. The third-order valence-corrected chi connectivity index (χ3v) is 3.55. The molecule has 1 saturated carbocycles. The molecule has 0 saturated heterocycles. The Morgan fingerprint density at radius 2 is 1.90 bits per heavy atom. The summed E-state index contributed by atoms with van der Waals surface area (Å²) in [4.78, 5) is 11.7. The predicted molar refractivity (Wildman–Crippen MR) is 79.8 cm³/mol. The van der Waals surface area contributed by atoms with Crippen molar-refractivity contribution in [3.63, 3.8) is 0 Å². The van der Waals surface area contributed by atoms with Crippen LogP contribution in [0.3, 0.4) is 0 Å². The lowest BCUT2D eigenvalue weighted by molar-refractivity contribution is -0.121. The van der Waals surface area contributed by atoms with Crippen molar-refractivity contribution in [1.82, 2.24) is 10.6 Å². The summed E-state index contributed by atoms with van der Waals surface area (Å²) in [5, 5.41) is 6.19. The van der Waals surface area contributed by atoms with E-state index < -0.39 is 0 Å². The minimum atomic E-state index is 0.0941. The molecule has 0 spiro atoms. The Bertz CT molecular complexity index is 389. The Balaban J connectivity index is 1.51. The summed E-state index contributed by atoms with van der Waals surface area (Å²) in [6, 6.07) is 10.1. The summed E-state index contributed by atoms with van der Waals surface area (Å²) in [5.74, 6) is 0.956. The second-order valence-electron chi connectivity index (χ2n) is 5.24. The molecule has 20 heavy (non-hydrogen) atoms. The first-order valence-corrected chi connectivity index (χ1v) is 7.52. The van der Waals surface area contributed by atoms with E-state index in [9.17, 15) is 4.79 Å². The molecular weight excluding hydrogens is 252 g/mol. The van der Waals surface area contributed by atoms with Crippen LogP contribution >= 0.6 is 0 Å². The molecule has 1 aromatic carbocycles. The third kappa shape index (κ3) is 5.61. The Labute approximate surface area is 120 Å². The molecule has 1 aliphatic carbocycles. The van der Waals surface area contributed by atoms with Crippen molar-refractivity contribution in [2.24, 2.45) is 0 Å². The van der Waals surface area contributed by atoms with E-state index in [-0.39, 0.29) is 5.91 Å². The van der Waals surface area contributed by atoms with Gasteiger partial charge in [0.25, 0.3) is 0 Å². The van der Waals surface area contributed by atoms with Crippen LogP contribution in [0, 0.1) is 0 Å². The standard InChI is InChI=1S/C16H24N2O2/c19-16(18-14-7-3-1-4-8-14)13-17-11-12-20-15-9-5-2-6-10-15/h2,5-6,9-10,14,17H,1,3-4,7-8,11-13H2,(H,18,19). The number of amides is 1. The SMILES string of the molecule is O=C(CNCCOc1ccccc1)NC1CCCCC1. The zero-order valence-electron chi connectivity index (χ0n) is 11.9. The van der Waals surface area contributed by atoms with E-state index in [0.29, 0.717) is 25.7 Å². The fourth-order valence-electron chi connectivity index (χ4n) is 2.49. The van der Waals surface area contributed by atoms with Crippen molar-refractivity contribution >= 4 is 5.91 Å². The van der Waals surface area contributed by atoms with Crippen LogP contribution in [-0.2, 0) is 4.79 Å². The Hall–Kier alpha value is -1.55. The molecule has 4 nitrogen and oxygen atoms in total. The summed E-state index contributed by atoms with van der Waals surface area (Å²) in [6.07, 6.45) is 6.04. The highest BCUT2D eigenvalue weighted by Crippen LogP contribution is 2.17. The van der Waals surface area contributed by atoms with Gasteiger partial charge in [0.2, 0.25) is 5.91 Å². The lowest BCUT2D eigenvalue weighted by Gasteiger charge is -2.22. The Morgan fingerprint density at radius 1 is 1.15 bits per heavy atom. The highest BCUT2D eigenvalue weighted by atomic mass is 16.5. The monoisotopic (exact) mass is 276 g/mol. The Morgan fingerprint density at radius 3 is 2.65 bits per heavy atom. The first-order chi connectivity index (χ1) is 9.84. The molecule has 0 radical (unpaired) electrons. The second kappa shape index (κ2) is 8.59. The van der Waals surface area contributed by atoms with Gasteiger partial charge in [0, 0.05) is 12.6 Å². The molecule has 1 fully saturated rings. The minimum absolute atomic E-state index is 0.0941. The first kappa shape index (κ1) is 14.9. The minimum Gasteiger partial charge on any atom is -0.492 e. The molecule has 0 atom stereocenters. The Kier molecular flexibility index (Phi) is 6.38. The molecule has 2 N–H and O–H groups in total. The molecule has 0 bridgehead atoms. The fraction of sp³-hybridized carbons (Fsp3) is 0.562. The number of hydrogen-bond acceptors (Lipinski definition) is 3. The number of ether oxygens (including phenoxy) is 1. The molecule has 2 rings (SSSR count). The molecule has 4 heteroatoms. The molecule has 0 unspecified atom stereocenters. The average Bonchev–Trinajstić information content (AvgIpc) is 2.49. The van der Waals surface area contributed by atoms with Crippen molar-refractivity contribution in [1.29, 1.82) is 0 Å². The van der Waals surface area contributed by atoms with Crippen molar-refractivity contribution in [2.75, 3.05) is 19.7 Å². The quantitative estimate of drug-likeness (QED) is 0.750. The van der Waals surface area contributed by atoms with Gasteiger partial charge in [-0.2, -0.15) is 0 Å². The van der Waals surface area contributed by atoms with E-state index >= 15 is 0 Å². The van der Waals surface area contributed by atoms with Gasteiger partial charge < -0.3 is 15.4 Å². The van der Waals surface area contributed by atoms with Crippen LogP contribution in [-0.4, -0.2) is 31.6 Å². The largest absolute Gasteiger partial charge is 0.492 e. The van der Waals surface area contributed by atoms with Crippen molar-refractivity contribution in [3.05, 3.63) is 30.3 Å².